The Bertz CT molecular complexity index is 1290. The highest BCUT2D eigenvalue weighted by Gasteiger charge is 2.72. The van der Waals surface area contributed by atoms with Gasteiger partial charge < -0.3 is 15.2 Å². The number of alkyl carbamates (subject to hydrolysis) is 1. The fourth-order valence-electron chi connectivity index (χ4n) is 7.10. The zero-order valence-corrected chi connectivity index (χ0v) is 20.0. The molecule has 1 amide bonds. The third-order valence-electron chi connectivity index (χ3n) is 8.49. The summed E-state index contributed by atoms with van der Waals surface area (Å²) in [4.78, 5) is 25.0. The number of rotatable bonds is 6. The molecule has 5 nitrogen and oxygen atoms in total. The Hall–Kier alpha value is -3.60. The average molecular weight is 468 g/mol. The lowest BCUT2D eigenvalue weighted by molar-refractivity contribution is -0.183. The molecule has 4 aliphatic carbocycles. The molecular weight excluding hydrogens is 438 g/mol. The summed E-state index contributed by atoms with van der Waals surface area (Å²) in [5.74, 6) is -1.05. The standard InChI is InChI=1S/C30H29NO4/c1-18-11-12-25(19(2)13-18)29-15-30(16-29,17-29)26(27(32)33)31-28(34)35-14-24-22-9-5-3-7-20(22)21-8-4-6-10-23(21)24/h3-13,24,26H,14-17H2,1-2H3,(H,31,34)(H,32,33). The minimum Gasteiger partial charge on any atom is -0.480 e. The number of hydrogen-bond donors (Lipinski definition) is 2. The van der Waals surface area contributed by atoms with Crippen LogP contribution >= 0.6 is 0 Å². The van der Waals surface area contributed by atoms with Crippen LogP contribution < -0.4 is 5.32 Å². The van der Waals surface area contributed by atoms with Gasteiger partial charge in [-0.1, -0.05) is 72.3 Å². The Morgan fingerprint density at radius 2 is 1.57 bits per heavy atom. The Kier molecular flexibility index (Phi) is 4.82. The third-order valence-corrected chi connectivity index (χ3v) is 8.49. The highest BCUT2D eigenvalue weighted by molar-refractivity contribution is 5.82. The van der Waals surface area contributed by atoms with Crippen LogP contribution in [0.3, 0.4) is 0 Å². The largest absolute Gasteiger partial charge is 0.480 e. The number of ether oxygens (including phenoxy) is 1. The molecule has 0 heterocycles. The number of amides is 1. The number of carbonyl (C=O) groups is 2. The van der Waals surface area contributed by atoms with Crippen molar-refractivity contribution in [1.29, 1.82) is 0 Å². The fourth-order valence-corrected chi connectivity index (χ4v) is 7.10. The highest BCUT2D eigenvalue weighted by Crippen LogP contribution is 2.75. The number of carboxylic acid groups (broad SMARTS) is 1. The first kappa shape index (κ1) is 21.9. The van der Waals surface area contributed by atoms with Crippen LogP contribution in [0.25, 0.3) is 11.1 Å². The van der Waals surface area contributed by atoms with Gasteiger partial charge in [-0.15, -0.1) is 0 Å². The van der Waals surface area contributed by atoms with Crippen molar-refractivity contribution in [2.24, 2.45) is 5.41 Å². The van der Waals surface area contributed by atoms with Crippen LogP contribution in [0.5, 0.6) is 0 Å². The molecule has 2 bridgehead atoms. The van der Waals surface area contributed by atoms with Crippen molar-refractivity contribution in [3.8, 4) is 11.1 Å². The van der Waals surface area contributed by atoms with Crippen molar-refractivity contribution in [3.05, 3.63) is 94.5 Å². The minimum atomic E-state index is -0.993. The quantitative estimate of drug-likeness (QED) is 0.486. The summed E-state index contributed by atoms with van der Waals surface area (Å²) in [6, 6.07) is 21.9. The molecule has 0 aromatic heterocycles. The number of hydrogen-bond acceptors (Lipinski definition) is 3. The summed E-state index contributed by atoms with van der Waals surface area (Å²) >= 11 is 0. The topological polar surface area (TPSA) is 75.6 Å². The van der Waals surface area contributed by atoms with Crippen molar-refractivity contribution >= 4 is 12.1 Å². The molecule has 35 heavy (non-hydrogen) atoms. The lowest BCUT2D eigenvalue weighted by Gasteiger charge is -2.72. The number of carbonyl (C=O) groups excluding carboxylic acids is 1. The van der Waals surface area contributed by atoms with Gasteiger partial charge in [0.1, 0.15) is 12.6 Å². The van der Waals surface area contributed by atoms with E-state index in [9.17, 15) is 14.7 Å². The molecule has 0 spiro atoms. The smallest absolute Gasteiger partial charge is 0.407 e. The van der Waals surface area contributed by atoms with Crippen LogP contribution in [0.2, 0.25) is 0 Å². The van der Waals surface area contributed by atoms with Gasteiger partial charge in [-0.2, -0.15) is 0 Å². The van der Waals surface area contributed by atoms with E-state index >= 15 is 0 Å². The zero-order chi connectivity index (χ0) is 24.4. The number of nitrogens with one attached hydrogen (secondary N) is 1. The van der Waals surface area contributed by atoms with Gasteiger partial charge in [0.2, 0.25) is 0 Å². The molecule has 3 saturated carbocycles. The molecule has 3 fully saturated rings. The maximum Gasteiger partial charge on any atom is 0.407 e. The second-order valence-electron chi connectivity index (χ2n) is 10.7. The SMILES string of the molecule is Cc1ccc(C23CC(C(NC(=O)OCC4c5ccccc5-c5ccccc54)C(=O)O)(C2)C3)c(C)c1. The van der Waals surface area contributed by atoms with Gasteiger partial charge in [0.05, 0.1) is 0 Å². The average Bonchev–Trinajstić information content (AvgIpc) is 3.10. The van der Waals surface area contributed by atoms with Gasteiger partial charge >= 0.3 is 12.1 Å². The lowest BCUT2D eigenvalue weighted by atomic mass is 9.31. The number of benzene rings is 3. The molecule has 5 heteroatoms. The van der Waals surface area contributed by atoms with Crippen molar-refractivity contribution in [2.45, 2.75) is 50.5 Å². The molecule has 4 aliphatic rings. The molecule has 1 unspecified atom stereocenters. The molecule has 0 aliphatic heterocycles. The Morgan fingerprint density at radius 3 is 2.14 bits per heavy atom. The van der Waals surface area contributed by atoms with Crippen LogP contribution in [0.15, 0.2) is 66.7 Å². The maximum absolute atomic E-state index is 12.8. The molecule has 0 radical (unpaired) electrons. The van der Waals surface area contributed by atoms with E-state index < -0.39 is 23.5 Å². The first-order chi connectivity index (χ1) is 16.8. The second kappa shape index (κ2) is 7.70. The van der Waals surface area contributed by atoms with Crippen molar-refractivity contribution in [2.75, 3.05) is 6.61 Å². The molecule has 178 valence electrons. The van der Waals surface area contributed by atoms with Crippen LogP contribution in [0, 0.1) is 19.3 Å². The van der Waals surface area contributed by atoms with E-state index in [-0.39, 0.29) is 17.9 Å². The Labute approximate surface area is 205 Å². The summed E-state index contributed by atoms with van der Waals surface area (Å²) < 4.78 is 5.63. The summed E-state index contributed by atoms with van der Waals surface area (Å²) in [6.07, 6.45) is 1.68. The van der Waals surface area contributed by atoms with E-state index in [1.807, 2.05) is 24.3 Å². The van der Waals surface area contributed by atoms with Gasteiger partial charge in [-0.3, -0.25) is 0 Å². The molecule has 1 atom stereocenters. The van der Waals surface area contributed by atoms with Crippen LogP contribution in [0.4, 0.5) is 4.79 Å². The minimum absolute atomic E-state index is 0.0499. The summed E-state index contributed by atoms with van der Waals surface area (Å²) in [6.45, 7) is 4.38. The van der Waals surface area contributed by atoms with Crippen LogP contribution in [-0.4, -0.2) is 29.8 Å². The van der Waals surface area contributed by atoms with E-state index in [0.717, 1.165) is 41.5 Å². The lowest BCUT2D eigenvalue weighted by Crippen LogP contribution is -2.73. The predicted molar refractivity (Wildman–Crippen MR) is 134 cm³/mol. The van der Waals surface area contributed by atoms with Gasteiger partial charge in [0, 0.05) is 11.3 Å². The Balaban J connectivity index is 1.13. The normalized spacial score (nSPS) is 24.4. The predicted octanol–water partition coefficient (Wildman–Crippen LogP) is 5.72. The van der Waals surface area contributed by atoms with Gasteiger partial charge in [-0.25, -0.2) is 9.59 Å². The fraction of sp³-hybridized carbons (Fsp3) is 0.333. The molecule has 0 saturated heterocycles. The zero-order valence-electron chi connectivity index (χ0n) is 20.0. The molecule has 3 aromatic carbocycles. The number of fused-ring (bicyclic) bond motifs is 3. The van der Waals surface area contributed by atoms with E-state index in [1.54, 1.807) is 0 Å². The summed E-state index contributed by atoms with van der Waals surface area (Å²) in [5.41, 5.74) is 8.04. The van der Waals surface area contributed by atoms with Gasteiger partial charge in [0.25, 0.3) is 0 Å². The Morgan fingerprint density at radius 1 is 0.971 bits per heavy atom. The first-order valence-corrected chi connectivity index (χ1v) is 12.2. The molecule has 7 rings (SSSR count). The monoisotopic (exact) mass is 467 g/mol. The van der Waals surface area contributed by atoms with Crippen molar-refractivity contribution in [1.82, 2.24) is 5.32 Å². The van der Waals surface area contributed by atoms with Gasteiger partial charge in [0.15, 0.2) is 0 Å². The number of aliphatic carboxylic acids is 1. The molecule has 2 N–H and O–H groups in total. The van der Waals surface area contributed by atoms with Crippen molar-refractivity contribution < 1.29 is 19.4 Å². The maximum atomic E-state index is 12.8. The van der Waals surface area contributed by atoms with Crippen LogP contribution in [0.1, 0.15) is 53.0 Å². The van der Waals surface area contributed by atoms with E-state index in [1.165, 1.54) is 16.7 Å². The van der Waals surface area contributed by atoms with Crippen LogP contribution in [-0.2, 0) is 14.9 Å². The number of carboxylic acids is 1. The van der Waals surface area contributed by atoms with E-state index in [0.29, 0.717) is 0 Å². The van der Waals surface area contributed by atoms with Gasteiger partial charge in [-0.05, 0) is 71.9 Å². The molecular formula is C30H29NO4. The van der Waals surface area contributed by atoms with E-state index in [4.69, 9.17) is 4.74 Å². The number of aryl methyl sites for hydroxylation is 2. The van der Waals surface area contributed by atoms with E-state index in [2.05, 4.69) is 61.6 Å². The molecule has 3 aromatic rings. The summed E-state index contributed by atoms with van der Waals surface area (Å²) in [7, 11) is 0. The summed E-state index contributed by atoms with van der Waals surface area (Å²) in [5, 5.41) is 12.7. The first-order valence-electron chi connectivity index (χ1n) is 12.2. The highest BCUT2D eigenvalue weighted by atomic mass is 16.5. The third kappa shape index (κ3) is 3.28. The van der Waals surface area contributed by atoms with Crippen molar-refractivity contribution in [3.63, 3.8) is 0 Å². The second-order valence-corrected chi connectivity index (χ2v) is 10.7.